The van der Waals surface area contributed by atoms with Gasteiger partial charge in [-0.15, -0.1) is 10.2 Å². The fraction of sp³-hybridized carbons (Fsp3) is 0.241. The van der Waals surface area contributed by atoms with Crippen molar-refractivity contribution in [1.82, 2.24) is 15.1 Å². The van der Waals surface area contributed by atoms with Crippen LogP contribution in [-0.2, 0) is 11.2 Å². The fourth-order valence-electron chi connectivity index (χ4n) is 4.01. The van der Waals surface area contributed by atoms with Gasteiger partial charge in [0.15, 0.2) is 11.5 Å². The molecule has 0 aliphatic rings. The third-order valence-corrected chi connectivity index (χ3v) is 7.40. The predicted molar refractivity (Wildman–Crippen MR) is 157 cm³/mol. The molecule has 0 spiro atoms. The van der Waals surface area contributed by atoms with Crippen molar-refractivity contribution in [3.05, 3.63) is 87.9 Å². The van der Waals surface area contributed by atoms with Crippen LogP contribution in [0.1, 0.15) is 27.9 Å². The summed E-state index contributed by atoms with van der Waals surface area (Å²) in [5.74, 6) is 0.880. The van der Waals surface area contributed by atoms with Gasteiger partial charge >= 0.3 is 0 Å². The Balaban J connectivity index is 1.43. The molecule has 0 radical (unpaired) electrons. The Bertz CT molecular complexity index is 1460. The van der Waals surface area contributed by atoms with Crippen LogP contribution in [0, 0.1) is 6.92 Å². The van der Waals surface area contributed by atoms with E-state index in [4.69, 9.17) is 9.47 Å². The highest BCUT2D eigenvalue weighted by Gasteiger charge is 2.19. The van der Waals surface area contributed by atoms with E-state index in [1.165, 1.54) is 11.3 Å². The first kappa shape index (κ1) is 28.3. The first-order valence-corrected chi connectivity index (χ1v) is 13.9. The summed E-state index contributed by atoms with van der Waals surface area (Å²) in [6.07, 6.45) is 0.697. The van der Waals surface area contributed by atoms with E-state index in [0.29, 0.717) is 35.2 Å². The lowest BCUT2D eigenvalue weighted by Gasteiger charge is -2.23. The van der Waals surface area contributed by atoms with Crippen LogP contribution in [0.15, 0.2) is 71.2 Å². The molecular formula is C29H29BrN4O4S. The zero-order valence-corrected chi connectivity index (χ0v) is 24.3. The lowest BCUT2D eigenvalue weighted by molar-refractivity contribution is -0.116. The second kappa shape index (κ2) is 13.3. The van der Waals surface area contributed by atoms with E-state index >= 15 is 0 Å². The largest absolute Gasteiger partial charge is 0.493 e. The van der Waals surface area contributed by atoms with E-state index in [2.05, 4.69) is 31.4 Å². The minimum absolute atomic E-state index is 0.116. The molecule has 4 rings (SSSR count). The van der Waals surface area contributed by atoms with E-state index in [0.717, 1.165) is 26.2 Å². The molecule has 1 N–H and O–H groups in total. The maximum absolute atomic E-state index is 13.4. The lowest BCUT2D eigenvalue weighted by atomic mass is 10.1. The Morgan fingerprint density at radius 2 is 1.74 bits per heavy atom. The molecule has 0 aliphatic heterocycles. The second-order valence-corrected chi connectivity index (χ2v) is 10.7. The van der Waals surface area contributed by atoms with Crippen molar-refractivity contribution >= 4 is 44.2 Å². The van der Waals surface area contributed by atoms with E-state index < -0.39 is 0 Å². The van der Waals surface area contributed by atoms with Crippen LogP contribution in [-0.4, -0.2) is 54.2 Å². The molecule has 10 heteroatoms. The van der Waals surface area contributed by atoms with Gasteiger partial charge in [-0.2, -0.15) is 0 Å². The highest BCUT2D eigenvalue weighted by Crippen LogP contribution is 2.28. The Morgan fingerprint density at radius 3 is 2.49 bits per heavy atom. The molecule has 4 aromatic rings. The van der Waals surface area contributed by atoms with Gasteiger partial charge in [-0.3, -0.25) is 9.59 Å². The average molecular weight is 610 g/mol. The van der Waals surface area contributed by atoms with Gasteiger partial charge in [0.25, 0.3) is 5.91 Å². The normalized spacial score (nSPS) is 10.7. The van der Waals surface area contributed by atoms with Crippen LogP contribution in [0.4, 0.5) is 5.13 Å². The van der Waals surface area contributed by atoms with Crippen molar-refractivity contribution in [2.75, 3.05) is 32.6 Å². The van der Waals surface area contributed by atoms with Crippen molar-refractivity contribution in [1.29, 1.82) is 0 Å². The van der Waals surface area contributed by atoms with Crippen molar-refractivity contribution in [3.8, 4) is 22.1 Å². The quantitative estimate of drug-likeness (QED) is 0.224. The van der Waals surface area contributed by atoms with Crippen LogP contribution >= 0.6 is 27.3 Å². The molecule has 0 atom stereocenters. The maximum Gasteiger partial charge on any atom is 0.253 e. The van der Waals surface area contributed by atoms with Crippen molar-refractivity contribution in [3.63, 3.8) is 0 Å². The molecule has 1 heterocycles. The summed E-state index contributed by atoms with van der Waals surface area (Å²) in [6.45, 7) is 2.68. The average Bonchev–Trinajstić information content (AvgIpc) is 3.41. The van der Waals surface area contributed by atoms with E-state index in [1.54, 1.807) is 31.3 Å². The highest BCUT2D eigenvalue weighted by molar-refractivity contribution is 9.10. The summed E-state index contributed by atoms with van der Waals surface area (Å²) >= 11 is 4.75. The molecular weight excluding hydrogens is 580 g/mol. The zero-order chi connectivity index (χ0) is 27.8. The van der Waals surface area contributed by atoms with Gasteiger partial charge in [-0.1, -0.05) is 63.2 Å². The monoisotopic (exact) mass is 608 g/mol. The molecule has 0 unspecified atom stereocenters. The summed E-state index contributed by atoms with van der Waals surface area (Å²) in [4.78, 5) is 27.9. The lowest BCUT2D eigenvalue weighted by Crippen LogP contribution is -2.35. The molecule has 0 aliphatic carbocycles. The zero-order valence-electron chi connectivity index (χ0n) is 21.9. The molecule has 3 aromatic carbocycles. The molecule has 0 saturated heterocycles. The molecule has 0 fully saturated rings. The summed E-state index contributed by atoms with van der Waals surface area (Å²) in [5, 5.41) is 12.3. The first-order valence-electron chi connectivity index (χ1n) is 12.3. The summed E-state index contributed by atoms with van der Waals surface area (Å²) in [5.41, 5.74) is 3.61. The number of carbonyl (C=O) groups excluding carboxylic acids is 2. The number of halogens is 1. The van der Waals surface area contributed by atoms with E-state index in [1.807, 2.05) is 61.5 Å². The summed E-state index contributed by atoms with van der Waals surface area (Å²) in [7, 11) is 3.18. The molecule has 2 amide bonds. The minimum atomic E-state index is -0.236. The predicted octanol–water partition coefficient (Wildman–Crippen LogP) is 6.01. The maximum atomic E-state index is 13.4. The topological polar surface area (TPSA) is 93.6 Å². The molecule has 202 valence electrons. The van der Waals surface area contributed by atoms with Gasteiger partial charge in [-0.25, -0.2) is 0 Å². The smallest absolute Gasteiger partial charge is 0.253 e. The van der Waals surface area contributed by atoms with Crippen molar-refractivity contribution < 1.29 is 19.1 Å². The number of aryl methyl sites for hydroxylation is 1. The number of nitrogens with zero attached hydrogens (tertiary/aromatic N) is 3. The van der Waals surface area contributed by atoms with Gasteiger partial charge in [0, 0.05) is 35.1 Å². The van der Waals surface area contributed by atoms with Gasteiger partial charge in [0.2, 0.25) is 11.0 Å². The second-order valence-electron chi connectivity index (χ2n) is 8.82. The van der Waals surface area contributed by atoms with E-state index in [-0.39, 0.29) is 24.8 Å². The SMILES string of the molecule is COc1ccc(CCN(CCC(=O)Nc2nnc(-c3cccc(C)c3)s2)C(=O)c2cccc(Br)c2)cc1OC. The fourth-order valence-corrected chi connectivity index (χ4v) is 5.16. The highest BCUT2D eigenvalue weighted by atomic mass is 79.9. The number of benzene rings is 3. The number of methoxy groups -OCH3 is 2. The number of ether oxygens (including phenoxy) is 2. The van der Waals surface area contributed by atoms with Crippen LogP contribution < -0.4 is 14.8 Å². The number of amides is 2. The van der Waals surface area contributed by atoms with Crippen molar-refractivity contribution in [2.45, 2.75) is 19.8 Å². The number of hydrogen-bond acceptors (Lipinski definition) is 7. The van der Waals surface area contributed by atoms with Gasteiger partial charge in [0.1, 0.15) is 5.01 Å². The third-order valence-electron chi connectivity index (χ3n) is 6.02. The molecule has 8 nitrogen and oxygen atoms in total. The number of carbonyl (C=O) groups is 2. The number of nitrogens with one attached hydrogen (secondary N) is 1. The number of hydrogen-bond donors (Lipinski definition) is 1. The van der Waals surface area contributed by atoms with Crippen LogP contribution in [0.2, 0.25) is 0 Å². The Hall–Kier alpha value is -3.76. The Kier molecular flexibility index (Phi) is 9.67. The minimum Gasteiger partial charge on any atom is -0.493 e. The Labute approximate surface area is 240 Å². The molecule has 1 aromatic heterocycles. The van der Waals surface area contributed by atoms with Crippen LogP contribution in [0.3, 0.4) is 0 Å². The Morgan fingerprint density at radius 1 is 0.949 bits per heavy atom. The first-order chi connectivity index (χ1) is 18.9. The molecule has 0 saturated carbocycles. The number of rotatable bonds is 11. The van der Waals surface area contributed by atoms with Gasteiger partial charge in [0.05, 0.1) is 14.2 Å². The van der Waals surface area contributed by atoms with Crippen LogP contribution in [0.5, 0.6) is 11.5 Å². The molecule has 39 heavy (non-hydrogen) atoms. The van der Waals surface area contributed by atoms with Crippen molar-refractivity contribution in [2.24, 2.45) is 0 Å². The number of aromatic nitrogens is 2. The summed E-state index contributed by atoms with van der Waals surface area (Å²) in [6, 6.07) is 20.9. The van der Waals surface area contributed by atoms with Gasteiger partial charge < -0.3 is 19.7 Å². The van der Waals surface area contributed by atoms with Gasteiger partial charge in [-0.05, 0) is 55.3 Å². The van der Waals surface area contributed by atoms with Crippen LogP contribution in [0.25, 0.3) is 10.6 Å². The standard InChI is InChI=1S/C29H29BrN4O4S/c1-19-6-4-7-21(16-19)27-32-33-29(39-27)31-26(35)13-15-34(28(36)22-8-5-9-23(30)18-22)14-12-20-10-11-24(37-2)25(17-20)38-3/h4-11,16-18H,12-15H2,1-3H3,(H,31,33,35). The van der Waals surface area contributed by atoms with E-state index in [9.17, 15) is 9.59 Å². The molecule has 0 bridgehead atoms. The summed E-state index contributed by atoms with van der Waals surface area (Å²) < 4.78 is 11.5. The third kappa shape index (κ3) is 7.64. The number of anilines is 1.